The van der Waals surface area contributed by atoms with Crippen molar-refractivity contribution >= 4 is 43.8 Å². The molecule has 4 rings (SSSR count). The fourth-order valence-electron chi connectivity index (χ4n) is 3.45. The largest absolute Gasteiger partial charge is 0.312 e. The van der Waals surface area contributed by atoms with Crippen molar-refractivity contribution in [3.05, 3.63) is 65.2 Å². The third-order valence-electron chi connectivity index (χ3n) is 5.21. The zero-order valence-electron chi connectivity index (χ0n) is 17.4. The quantitative estimate of drug-likeness (QED) is 0.568. The topological polar surface area (TPSA) is 109 Å². The molecule has 166 valence electrons. The van der Waals surface area contributed by atoms with Crippen LogP contribution in [0.15, 0.2) is 59.5 Å². The maximum atomic E-state index is 12.5. The van der Waals surface area contributed by atoms with E-state index in [1.807, 2.05) is 31.2 Å². The van der Waals surface area contributed by atoms with E-state index in [-0.39, 0.29) is 28.9 Å². The Morgan fingerprint density at radius 3 is 2.56 bits per heavy atom. The summed E-state index contributed by atoms with van der Waals surface area (Å²) in [6.07, 6.45) is 0.140. The zero-order chi connectivity index (χ0) is 22.7. The van der Waals surface area contributed by atoms with Gasteiger partial charge in [-0.05, 0) is 31.2 Å². The van der Waals surface area contributed by atoms with Crippen molar-refractivity contribution < 1.29 is 18.0 Å². The van der Waals surface area contributed by atoms with Crippen molar-refractivity contribution in [2.24, 2.45) is 0 Å². The molecule has 1 aromatic heterocycles. The van der Waals surface area contributed by atoms with E-state index in [9.17, 15) is 18.0 Å². The Kier molecular flexibility index (Phi) is 6.33. The van der Waals surface area contributed by atoms with Gasteiger partial charge in [0.1, 0.15) is 5.01 Å². The number of carbonyl (C=O) groups excluding carboxylic acids is 2. The Labute approximate surface area is 190 Å². The van der Waals surface area contributed by atoms with Crippen molar-refractivity contribution in [2.45, 2.75) is 30.6 Å². The summed E-state index contributed by atoms with van der Waals surface area (Å²) < 4.78 is 24.6. The lowest BCUT2D eigenvalue weighted by Crippen LogP contribution is -2.24. The summed E-state index contributed by atoms with van der Waals surface area (Å²) >= 11 is 1.21. The van der Waals surface area contributed by atoms with Crippen molar-refractivity contribution in [1.82, 2.24) is 10.2 Å². The van der Waals surface area contributed by atoms with Crippen LogP contribution in [0.5, 0.6) is 0 Å². The number of hydrogen-bond donors (Lipinski definition) is 1. The number of benzene rings is 2. The minimum Gasteiger partial charge on any atom is -0.312 e. The molecule has 1 aliphatic heterocycles. The van der Waals surface area contributed by atoms with E-state index < -0.39 is 15.7 Å². The van der Waals surface area contributed by atoms with Gasteiger partial charge >= 0.3 is 0 Å². The summed E-state index contributed by atoms with van der Waals surface area (Å²) in [6, 6.07) is 15.8. The summed E-state index contributed by atoms with van der Waals surface area (Å²) in [6.45, 7) is 2.49. The molecule has 2 aromatic carbocycles. The Morgan fingerprint density at radius 1 is 1.12 bits per heavy atom. The first-order chi connectivity index (χ1) is 15.3. The van der Waals surface area contributed by atoms with Gasteiger partial charge in [0, 0.05) is 31.0 Å². The van der Waals surface area contributed by atoms with Crippen molar-refractivity contribution in [1.29, 1.82) is 0 Å². The van der Waals surface area contributed by atoms with E-state index >= 15 is 0 Å². The number of hydrogen-bond acceptors (Lipinski definition) is 7. The average molecular weight is 471 g/mol. The standard InChI is InChI=1S/C22H22N4O4S2/c1-15-7-9-17(10-8-15)26-14-16(13-20(26)28)21-24-25-22(31-21)23-19(27)11-12-32(29,30)18-5-3-2-4-6-18/h2-10,16H,11-14H2,1H3,(H,23,25,27)/t16-/m0/s1. The fraction of sp³-hybridized carbons (Fsp3) is 0.273. The van der Waals surface area contributed by atoms with Crippen LogP contribution in [0.2, 0.25) is 0 Å². The third kappa shape index (κ3) is 5.03. The Morgan fingerprint density at radius 2 is 1.84 bits per heavy atom. The highest BCUT2D eigenvalue weighted by atomic mass is 32.2. The van der Waals surface area contributed by atoms with E-state index in [1.165, 1.54) is 23.5 Å². The second kappa shape index (κ2) is 9.17. The number of nitrogens with zero attached hydrogens (tertiary/aromatic N) is 3. The SMILES string of the molecule is Cc1ccc(N2C[C@@H](c3nnc(NC(=O)CCS(=O)(=O)c4ccccc4)s3)CC2=O)cc1. The first kappa shape index (κ1) is 22.1. The van der Waals surface area contributed by atoms with Crippen LogP contribution in [0.1, 0.15) is 29.3 Å². The number of anilines is 2. The summed E-state index contributed by atoms with van der Waals surface area (Å²) in [5.74, 6) is -0.830. The highest BCUT2D eigenvalue weighted by Crippen LogP contribution is 2.34. The maximum Gasteiger partial charge on any atom is 0.227 e. The molecule has 1 fully saturated rings. The van der Waals surface area contributed by atoms with Gasteiger partial charge in [-0.1, -0.05) is 47.2 Å². The Balaban J connectivity index is 1.34. The van der Waals surface area contributed by atoms with E-state index in [1.54, 1.807) is 23.1 Å². The molecule has 0 aliphatic carbocycles. The molecule has 1 atom stereocenters. The number of carbonyl (C=O) groups is 2. The molecule has 2 amide bonds. The highest BCUT2D eigenvalue weighted by molar-refractivity contribution is 7.91. The summed E-state index contributed by atoms with van der Waals surface area (Å²) in [5.41, 5.74) is 1.97. The number of aryl methyl sites for hydroxylation is 1. The van der Waals surface area contributed by atoms with Crippen LogP contribution in [0, 0.1) is 6.92 Å². The van der Waals surface area contributed by atoms with Gasteiger partial charge in [-0.15, -0.1) is 10.2 Å². The van der Waals surface area contributed by atoms with Crippen LogP contribution in [-0.2, 0) is 19.4 Å². The van der Waals surface area contributed by atoms with Gasteiger partial charge in [-0.2, -0.15) is 0 Å². The van der Waals surface area contributed by atoms with Gasteiger partial charge < -0.3 is 10.2 Å². The lowest BCUT2D eigenvalue weighted by molar-refractivity contribution is -0.117. The van der Waals surface area contributed by atoms with Crippen LogP contribution in [0.25, 0.3) is 0 Å². The first-order valence-corrected chi connectivity index (χ1v) is 12.6. The number of aromatic nitrogens is 2. The van der Waals surface area contributed by atoms with Gasteiger partial charge in [0.15, 0.2) is 9.84 Å². The monoisotopic (exact) mass is 470 g/mol. The van der Waals surface area contributed by atoms with E-state index in [0.29, 0.717) is 23.1 Å². The molecule has 0 bridgehead atoms. The van der Waals surface area contributed by atoms with Crippen LogP contribution < -0.4 is 10.2 Å². The lowest BCUT2D eigenvalue weighted by atomic mass is 10.1. The number of rotatable bonds is 7. The normalized spacial score (nSPS) is 16.3. The highest BCUT2D eigenvalue weighted by Gasteiger charge is 2.34. The van der Waals surface area contributed by atoms with E-state index in [2.05, 4.69) is 15.5 Å². The van der Waals surface area contributed by atoms with E-state index in [0.717, 1.165) is 11.3 Å². The second-order valence-corrected chi connectivity index (χ2v) is 10.7. The van der Waals surface area contributed by atoms with Gasteiger partial charge in [-0.3, -0.25) is 9.59 Å². The molecule has 0 saturated carbocycles. The van der Waals surface area contributed by atoms with Crippen LogP contribution in [-0.4, -0.2) is 42.7 Å². The van der Waals surface area contributed by atoms with Gasteiger partial charge in [0.2, 0.25) is 16.9 Å². The summed E-state index contributed by atoms with van der Waals surface area (Å²) in [5, 5.41) is 11.7. The lowest BCUT2D eigenvalue weighted by Gasteiger charge is -2.16. The molecule has 0 unspecified atom stereocenters. The average Bonchev–Trinajstić information content (AvgIpc) is 3.40. The number of amides is 2. The molecule has 10 heteroatoms. The Hall–Kier alpha value is -3.11. The Bertz CT molecular complexity index is 1220. The fourth-order valence-corrected chi connectivity index (χ4v) is 5.56. The molecule has 1 saturated heterocycles. The minimum absolute atomic E-state index is 0.0192. The first-order valence-electron chi connectivity index (χ1n) is 10.1. The number of sulfone groups is 1. The van der Waals surface area contributed by atoms with Gasteiger partial charge in [-0.25, -0.2) is 8.42 Å². The third-order valence-corrected chi connectivity index (χ3v) is 7.94. The molecule has 0 radical (unpaired) electrons. The molecule has 0 spiro atoms. The predicted molar refractivity (Wildman–Crippen MR) is 123 cm³/mol. The zero-order valence-corrected chi connectivity index (χ0v) is 19.0. The summed E-state index contributed by atoms with van der Waals surface area (Å²) in [4.78, 5) is 26.6. The predicted octanol–water partition coefficient (Wildman–Crippen LogP) is 3.17. The molecule has 8 nitrogen and oxygen atoms in total. The van der Waals surface area contributed by atoms with Crippen LogP contribution in [0.3, 0.4) is 0 Å². The van der Waals surface area contributed by atoms with E-state index in [4.69, 9.17) is 0 Å². The van der Waals surface area contributed by atoms with Crippen LogP contribution >= 0.6 is 11.3 Å². The summed E-state index contributed by atoms with van der Waals surface area (Å²) in [7, 11) is -3.53. The van der Waals surface area contributed by atoms with Crippen molar-refractivity contribution in [3.8, 4) is 0 Å². The molecule has 3 aromatic rings. The van der Waals surface area contributed by atoms with Crippen LogP contribution in [0.4, 0.5) is 10.8 Å². The van der Waals surface area contributed by atoms with Crippen molar-refractivity contribution in [2.75, 3.05) is 22.5 Å². The maximum absolute atomic E-state index is 12.5. The van der Waals surface area contributed by atoms with Gasteiger partial charge in [0.05, 0.1) is 10.6 Å². The van der Waals surface area contributed by atoms with Gasteiger partial charge in [0.25, 0.3) is 0 Å². The molecule has 32 heavy (non-hydrogen) atoms. The van der Waals surface area contributed by atoms with Crippen molar-refractivity contribution in [3.63, 3.8) is 0 Å². The molecule has 2 heterocycles. The number of nitrogens with one attached hydrogen (secondary N) is 1. The minimum atomic E-state index is -3.53. The smallest absolute Gasteiger partial charge is 0.227 e. The molecular weight excluding hydrogens is 448 g/mol. The second-order valence-electron chi connectivity index (χ2n) is 7.62. The molecule has 1 N–H and O–H groups in total. The molecular formula is C22H22N4O4S2. The molecule has 1 aliphatic rings.